The maximum Gasteiger partial charge on any atom is 0.276 e. The number of hydrogen-bond donors (Lipinski definition) is 1. The van der Waals surface area contributed by atoms with Gasteiger partial charge in [0.05, 0.1) is 6.54 Å². The molecule has 0 atom stereocenters. The van der Waals surface area contributed by atoms with Gasteiger partial charge in [0.2, 0.25) is 5.89 Å². The van der Waals surface area contributed by atoms with Crippen LogP contribution in [0.25, 0.3) is 0 Å². The van der Waals surface area contributed by atoms with Crippen LogP contribution in [0.3, 0.4) is 0 Å². The number of hydrogen-bond acceptors (Lipinski definition) is 6. The summed E-state index contributed by atoms with van der Waals surface area (Å²) in [5, 5.41) is 8.59. The molecule has 84 valence electrons. The second kappa shape index (κ2) is 5.29. The summed E-state index contributed by atoms with van der Waals surface area (Å²) >= 11 is 7.20. The van der Waals surface area contributed by atoms with Crippen LogP contribution in [0.4, 0.5) is 0 Å². The molecule has 2 rings (SSSR count). The molecule has 2 heterocycles. The van der Waals surface area contributed by atoms with E-state index in [9.17, 15) is 0 Å². The molecule has 0 fully saturated rings. The number of pyridine rings is 1. The van der Waals surface area contributed by atoms with Gasteiger partial charge in [-0.15, -0.1) is 10.2 Å². The molecular formula is C9H9ClN4OS. The van der Waals surface area contributed by atoms with Gasteiger partial charge in [0.1, 0.15) is 5.15 Å². The Bertz CT molecular complexity index is 476. The Labute approximate surface area is 101 Å². The van der Waals surface area contributed by atoms with E-state index in [2.05, 4.69) is 15.2 Å². The van der Waals surface area contributed by atoms with Crippen LogP contribution < -0.4 is 5.73 Å². The summed E-state index contributed by atoms with van der Waals surface area (Å²) in [5.74, 6) is 1.14. The van der Waals surface area contributed by atoms with Crippen LogP contribution in [-0.2, 0) is 12.3 Å². The molecule has 0 aliphatic carbocycles. The molecule has 5 nitrogen and oxygen atoms in total. The summed E-state index contributed by atoms with van der Waals surface area (Å²) in [6.07, 6.45) is 1.66. The second-order valence-electron chi connectivity index (χ2n) is 2.94. The summed E-state index contributed by atoms with van der Waals surface area (Å²) < 4.78 is 5.25. The quantitative estimate of drug-likeness (QED) is 0.665. The monoisotopic (exact) mass is 256 g/mol. The smallest absolute Gasteiger partial charge is 0.276 e. The fraction of sp³-hybridized carbons (Fsp3) is 0.222. The number of thioether (sulfide) groups is 1. The standard InChI is InChI=1S/C9H9ClN4OS/c10-7-3-6(1-2-12-7)5-16-9-14-13-8(4-11)15-9/h1-3H,4-5,11H2. The van der Waals surface area contributed by atoms with Gasteiger partial charge >= 0.3 is 0 Å². The molecule has 0 bridgehead atoms. The van der Waals surface area contributed by atoms with Gasteiger partial charge in [-0.05, 0) is 17.7 Å². The molecule has 0 saturated carbocycles. The van der Waals surface area contributed by atoms with Crippen molar-refractivity contribution in [3.8, 4) is 0 Å². The van der Waals surface area contributed by atoms with Crippen molar-refractivity contribution in [2.45, 2.75) is 17.5 Å². The highest BCUT2D eigenvalue weighted by Gasteiger charge is 2.05. The first-order chi connectivity index (χ1) is 7.78. The third-order valence-corrected chi connectivity index (χ3v) is 2.87. The lowest BCUT2D eigenvalue weighted by Crippen LogP contribution is -1.95. The third-order valence-electron chi connectivity index (χ3n) is 1.78. The third kappa shape index (κ3) is 2.94. The van der Waals surface area contributed by atoms with Crippen molar-refractivity contribution >= 4 is 23.4 Å². The van der Waals surface area contributed by atoms with Crippen molar-refractivity contribution in [1.29, 1.82) is 0 Å². The Kier molecular flexibility index (Phi) is 3.76. The van der Waals surface area contributed by atoms with Crippen LogP contribution in [0.5, 0.6) is 0 Å². The van der Waals surface area contributed by atoms with Gasteiger partial charge in [-0.3, -0.25) is 0 Å². The minimum absolute atomic E-state index is 0.259. The van der Waals surface area contributed by atoms with Crippen molar-refractivity contribution in [3.05, 3.63) is 34.9 Å². The van der Waals surface area contributed by atoms with Crippen molar-refractivity contribution in [1.82, 2.24) is 15.2 Å². The maximum atomic E-state index is 5.76. The van der Waals surface area contributed by atoms with E-state index >= 15 is 0 Å². The van der Waals surface area contributed by atoms with E-state index in [-0.39, 0.29) is 6.54 Å². The van der Waals surface area contributed by atoms with Crippen LogP contribution in [0.1, 0.15) is 11.5 Å². The molecular weight excluding hydrogens is 248 g/mol. The lowest BCUT2D eigenvalue weighted by atomic mass is 10.3. The molecule has 7 heteroatoms. The fourth-order valence-corrected chi connectivity index (χ4v) is 1.98. The summed E-state index contributed by atoms with van der Waals surface area (Å²) in [5.41, 5.74) is 6.41. The molecule has 16 heavy (non-hydrogen) atoms. The van der Waals surface area contributed by atoms with Gasteiger partial charge < -0.3 is 10.2 Å². The molecule has 0 aromatic carbocycles. The van der Waals surface area contributed by atoms with Crippen LogP contribution in [-0.4, -0.2) is 15.2 Å². The van der Waals surface area contributed by atoms with E-state index in [0.717, 1.165) is 5.56 Å². The first-order valence-electron chi connectivity index (χ1n) is 4.53. The predicted octanol–water partition coefficient (Wildman–Crippen LogP) is 1.87. The summed E-state index contributed by atoms with van der Waals surface area (Å²) in [7, 11) is 0. The summed E-state index contributed by atoms with van der Waals surface area (Å²) in [4.78, 5) is 3.90. The molecule has 0 aliphatic rings. The number of rotatable bonds is 4. The Balaban J connectivity index is 1.96. The van der Waals surface area contributed by atoms with E-state index in [4.69, 9.17) is 21.8 Å². The first kappa shape index (κ1) is 11.4. The number of nitrogens with two attached hydrogens (primary N) is 1. The molecule has 0 amide bonds. The van der Waals surface area contributed by atoms with Crippen molar-refractivity contribution in [2.75, 3.05) is 0 Å². The predicted molar refractivity (Wildman–Crippen MR) is 61.0 cm³/mol. The molecule has 0 saturated heterocycles. The van der Waals surface area contributed by atoms with Gasteiger partial charge in [-0.1, -0.05) is 23.4 Å². The van der Waals surface area contributed by atoms with E-state index in [1.165, 1.54) is 11.8 Å². The Morgan fingerprint density at radius 1 is 1.44 bits per heavy atom. The van der Waals surface area contributed by atoms with Crippen LogP contribution in [0.15, 0.2) is 28.0 Å². The minimum atomic E-state index is 0.259. The molecule has 0 radical (unpaired) electrons. The lowest BCUT2D eigenvalue weighted by Gasteiger charge is -1.97. The number of nitrogens with zero attached hydrogens (tertiary/aromatic N) is 3. The number of halogens is 1. The zero-order valence-corrected chi connectivity index (χ0v) is 9.83. The average molecular weight is 257 g/mol. The van der Waals surface area contributed by atoms with Crippen LogP contribution in [0.2, 0.25) is 5.15 Å². The molecule has 2 aromatic heterocycles. The van der Waals surface area contributed by atoms with Gasteiger partial charge in [0.25, 0.3) is 5.22 Å². The van der Waals surface area contributed by atoms with Gasteiger partial charge in [-0.25, -0.2) is 4.98 Å². The summed E-state index contributed by atoms with van der Waals surface area (Å²) in [6.45, 7) is 0.259. The zero-order chi connectivity index (χ0) is 11.4. The molecule has 0 spiro atoms. The average Bonchev–Trinajstić information content (AvgIpc) is 2.74. The van der Waals surface area contributed by atoms with Crippen molar-refractivity contribution < 1.29 is 4.42 Å². The Morgan fingerprint density at radius 3 is 3.00 bits per heavy atom. The topological polar surface area (TPSA) is 77.8 Å². The van der Waals surface area contributed by atoms with Crippen molar-refractivity contribution in [2.24, 2.45) is 5.73 Å². The maximum absolute atomic E-state index is 5.76. The van der Waals surface area contributed by atoms with Crippen molar-refractivity contribution in [3.63, 3.8) is 0 Å². The fourth-order valence-electron chi connectivity index (χ4n) is 1.06. The van der Waals surface area contributed by atoms with E-state index in [1.54, 1.807) is 12.3 Å². The van der Waals surface area contributed by atoms with E-state index in [0.29, 0.717) is 22.0 Å². The zero-order valence-electron chi connectivity index (χ0n) is 8.26. The van der Waals surface area contributed by atoms with Gasteiger partial charge in [0.15, 0.2) is 0 Å². The first-order valence-corrected chi connectivity index (χ1v) is 5.90. The SMILES string of the molecule is NCc1nnc(SCc2ccnc(Cl)c2)o1. The Morgan fingerprint density at radius 2 is 2.31 bits per heavy atom. The molecule has 2 aromatic rings. The second-order valence-corrected chi connectivity index (χ2v) is 4.26. The van der Waals surface area contributed by atoms with Gasteiger partial charge in [-0.2, -0.15) is 0 Å². The van der Waals surface area contributed by atoms with Gasteiger partial charge in [0, 0.05) is 11.9 Å². The van der Waals surface area contributed by atoms with E-state index in [1.807, 2.05) is 6.07 Å². The van der Waals surface area contributed by atoms with Crippen LogP contribution >= 0.6 is 23.4 Å². The molecule has 0 aliphatic heterocycles. The largest absolute Gasteiger partial charge is 0.415 e. The normalized spacial score (nSPS) is 10.6. The molecule has 2 N–H and O–H groups in total. The number of aromatic nitrogens is 3. The Hall–Kier alpha value is -1.11. The lowest BCUT2D eigenvalue weighted by molar-refractivity contribution is 0.415. The summed E-state index contributed by atoms with van der Waals surface area (Å²) in [6, 6.07) is 3.69. The highest BCUT2D eigenvalue weighted by molar-refractivity contribution is 7.98. The minimum Gasteiger partial charge on any atom is -0.415 e. The van der Waals surface area contributed by atoms with Crippen LogP contribution in [0, 0.1) is 0 Å². The highest BCUT2D eigenvalue weighted by atomic mass is 35.5. The highest BCUT2D eigenvalue weighted by Crippen LogP contribution is 2.21. The van der Waals surface area contributed by atoms with E-state index < -0.39 is 0 Å². The molecule has 0 unspecified atom stereocenters.